The summed E-state index contributed by atoms with van der Waals surface area (Å²) in [5.41, 5.74) is 0.652. The van der Waals surface area contributed by atoms with Crippen LogP contribution in [0.1, 0.15) is 67.8 Å². The van der Waals surface area contributed by atoms with Crippen LogP contribution in [0, 0.1) is 12.3 Å². The highest BCUT2D eigenvalue weighted by molar-refractivity contribution is 7.11. The van der Waals surface area contributed by atoms with Gasteiger partial charge in [-0.05, 0) is 44.9 Å². The van der Waals surface area contributed by atoms with E-state index in [2.05, 4.69) is 24.1 Å². The third-order valence-corrected chi connectivity index (χ3v) is 6.08. The van der Waals surface area contributed by atoms with Crippen molar-refractivity contribution < 1.29 is 0 Å². The second kappa shape index (κ2) is 4.93. The zero-order chi connectivity index (χ0) is 12.6. The number of hydrogen-bond donors (Lipinski definition) is 1. The lowest BCUT2D eigenvalue weighted by Crippen LogP contribution is -2.54. The quantitative estimate of drug-likeness (QED) is 0.884. The molecular formula is C15H24N2S. The number of aryl methyl sites for hydroxylation is 1. The first kappa shape index (κ1) is 12.6. The molecule has 2 saturated carbocycles. The summed E-state index contributed by atoms with van der Waals surface area (Å²) in [6.45, 7) is 4.41. The van der Waals surface area contributed by atoms with Gasteiger partial charge in [0, 0.05) is 17.1 Å². The highest BCUT2D eigenvalue weighted by atomic mass is 32.1. The highest BCUT2D eigenvalue weighted by Gasteiger charge is 2.47. The van der Waals surface area contributed by atoms with E-state index in [0.29, 0.717) is 11.5 Å². The Morgan fingerprint density at radius 2 is 2.11 bits per heavy atom. The highest BCUT2D eigenvalue weighted by Crippen LogP contribution is 2.52. The Labute approximate surface area is 114 Å². The molecule has 2 atom stereocenters. The summed E-state index contributed by atoms with van der Waals surface area (Å²) in [6, 6.07) is 1.17. The van der Waals surface area contributed by atoms with Gasteiger partial charge in [0.25, 0.3) is 0 Å². The van der Waals surface area contributed by atoms with Gasteiger partial charge in [0.05, 0.1) is 6.04 Å². The number of hydrogen-bond acceptors (Lipinski definition) is 3. The molecule has 0 aliphatic heterocycles. The van der Waals surface area contributed by atoms with Crippen LogP contribution in [0.15, 0.2) is 6.20 Å². The molecule has 18 heavy (non-hydrogen) atoms. The van der Waals surface area contributed by atoms with Gasteiger partial charge in [-0.2, -0.15) is 0 Å². The maximum atomic E-state index is 4.52. The van der Waals surface area contributed by atoms with E-state index in [1.807, 2.05) is 17.5 Å². The molecule has 2 fully saturated rings. The molecule has 3 heteroatoms. The van der Waals surface area contributed by atoms with Gasteiger partial charge in [-0.3, -0.25) is 0 Å². The lowest BCUT2D eigenvalue weighted by Gasteiger charge is -2.53. The maximum Gasteiger partial charge on any atom is 0.109 e. The molecule has 2 aliphatic carbocycles. The van der Waals surface area contributed by atoms with E-state index in [9.17, 15) is 0 Å². The van der Waals surface area contributed by atoms with Crippen LogP contribution in [0.25, 0.3) is 0 Å². The second-order valence-corrected chi connectivity index (χ2v) is 7.48. The fourth-order valence-electron chi connectivity index (χ4n) is 3.76. The average Bonchev–Trinajstić information content (AvgIpc) is 2.82. The predicted octanol–water partition coefficient (Wildman–Crippen LogP) is 4.22. The minimum atomic E-state index is 0.424. The van der Waals surface area contributed by atoms with Crippen LogP contribution in [-0.2, 0) is 0 Å². The summed E-state index contributed by atoms with van der Waals surface area (Å²) < 4.78 is 0. The van der Waals surface area contributed by atoms with Crippen molar-refractivity contribution >= 4 is 11.3 Å². The van der Waals surface area contributed by atoms with Crippen LogP contribution in [0.3, 0.4) is 0 Å². The van der Waals surface area contributed by atoms with Crippen molar-refractivity contribution in [2.75, 3.05) is 0 Å². The number of aromatic nitrogens is 1. The van der Waals surface area contributed by atoms with Gasteiger partial charge in [-0.15, -0.1) is 11.3 Å². The van der Waals surface area contributed by atoms with E-state index < -0.39 is 0 Å². The van der Waals surface area contributed by atoms with Crippen LogP contribution in [0.4, 0.5) is 0 Å². The van der Waals surface area contributed by atoms with Crippen molar-refractivity contribution in [3.63, 3.8) is 0 Å². The average molecular weight is 264 g/mol. The summed E-state index contributed by atoms with van der Waals surface area (Å²) in [5, 5.41) is 5.11. The summed E-state index contributed by atoms with van der Waals surface area (Å²) in [4.78, 5) is 5.84. The number of rotatable bonds is 3. The third-order valence-electron chi connectivity index (χ3n) is 4.98. The van der Waals surface area contributed by atoms with Gasteiger partial charge < -0.3 is 5.32 Å². The van der Waals surface area contributed by atoms with Gasteiger partial charge >= 0.3 is 0 Å². The van der Waals surface area contributed by atoms with Crippen LogP contribution >= 0.6 is 11.3 Å². The standard InChI is InChI=1S/C15H24N2S/c1-11-10-16-14(18-11)12(2)17-13-6-9-15(13)7-4-3-5-8-15/h10,12-13,17H,3-9H2,1-2H3. The van der Waals surface area contributed by atoms with Crippen molar-refractivity contribution in [1.29, 1.82) is 0 Å². The van der Waals surface area contributed by atoms with Gasteiger partial charge in [0.15, 0.2) is 0 Å². The van der Waals surface area contributed by atoms with Crippen molar-refractivity contribution in [1.82, 2.24) is 10.3 Å². The first-order valence-corrected chi connectivity index (χ1v) is 8.20. The normalized spacial score (nSPS) is 28.0. The van der Waals surface area contributed by atoms with Gasteiger partial charge in [0.2, 0.25) is 0 Å². The lowest BCUT2D eigenvalue weighted by molar-refractivity contribution is 0.0174. The first-order valence-electron chi connectivity index (χ1n) is 7.38. The Balaban J connectivity index is 1.62. The fourth-order valence-corrected chi connectivity index (χ4v) is 4.54. The van der Waals surface area contributed by atoms with Crippen molar-refractivity contribution in [3.8, 4) is 0 Å². The van der Waals surface area contributed by atoms with Gasteiger partial charge in [0.1, 0.15) is 5.01 Å². The van der Waals surface area contributed by atoms with Crippen LogP contribution in [0.5, 0.6) is 0 Å². The van der Waals surface area contributed by atoms with Gasteiger partial charge in [-0.1, -0.05) is 19.3 Å². The van der Waals surface area contributed by atoms with E-state index >= 15 is 0 Å². The summed E-state index contributed by atoms with van der Waals surface area (Å²) >= 11 is 1.83. The van der Waals surface area contributed by atoms with E-state index in [1.54, 1.807) is 0 Å². The Morgan fingerprint density at radius 3 is 2.67 bits per heavy atom. The Bertz CT molecular complexity index is 406. The molecule has 0 aromatic carbocycles. The molecule has 100 valence electrons. The largest absolute Gasteiger partial charge is 0.305 e. The molecular weight excluding hydrogens is 240 g/mol. The first-order chi connectivity index (χ1) is 8.70. The Morgan fingerprint density at radius 1 is 1.33 bits per heavy atom. The maximum absolute atomic E-state index is 4.52. The fraction of sp³-hybridized carbons (Fsp3) is 0.800. The molecule has 1 N–H and O–H groups in total. The molecule has 0 bridgehead atoms. The van der Waals surface area contributed by atoms with Crippen LogP contribution < -0.4 is 5.32 Å². The molecule has 2 nitrogen and oxygen atoms in total. The number of nitrogens with zero attached hydrogens (tertiary/aromatic N) is 1. The molecule has 1 aromatic rings. The molecule has 0 saturated heterocycles. The molecule has 1 aromatic heterocycles. The van der Waals surface area contributed by atoms with Crippen molar-refractivity contribution in [3.05, 3.63) is 16.1 Å². The van der Waals surface area contributed by atoms with Gasteiger partial charge in [-0.25, -0.2) is 4.98 Å². The van der Waals surface area contributed by atoms with E-state index in [1.165, 1.54) is 54.8 Å². The Hall–Kier alpha value is -0.410. The monoisotopic (exact) mass is 264 g/mol. The molecule has 1 spiro atoms. The van der Waals surface area contributed by atoms with Crippen molar-refractivity contribution in [2.45, 2.75) is 70.9 Å². The smallest absolute Gasteiger partial charge is 0.109 e. The summed E-state index contributed by atoms with van der Waals surface area (Å²) in [6.07, 6.45) is 12.1. The molecule has 0 amide bonds. The SMILES string of the molecule is Cc1cnc(C(C)NC2CCC23CCCCC3)s1. The molecule has 3 rings (SSSR count). The minimum Gasteiger partial charge on any atom is -0.305 e. The second-order valence-electron chi connectivity index (χ2n) is 6.21. The van der Waals surface area contributed by atoms with Crippen molar-refractivity contribution in [2.24, 2.45) is 5.41 Å². The predicted molar refractivity (Wildman–Crippen MR) is 76.9 cm³/mol. The molecule has 2 unspecified atom stereocenters. The Kier molecular flexibility index (Phi) is 3.46. The lowest BCUT2D eigenvalue weighted by atomic mass is 9.57. The van der Waals surface area contributed by atoms with Crippen LogP contribution in [0.2, 0.25) is 0 Å². The molecule has 0 radical (unpaired) electrons. The minimum absolute atomic E-state index is 0.424. The van der Waals surface area contributed by atoms with E-state index in [0.717, 1.165) is 6.04 Å². The topological polar surface area (TPSA) is 24.9 Å². The third kappa shape index (κ3) is 2.23. The molecule has 2 aliphatic rings. The zero-order valence-corrected chi connectivity index (χ0v) is 12.4. The summed E-state index contributed by atoms with van der Waals surface area (Å²) in [7, 11) is 0. The zero-order valence-electron chi connectivity index (χ0n) is 11.5. The summed E-state index contributed by atoms with van der Waals surface area (Å²) in [5.74, 6) is 0. The van der Waals surface area contributed by atoms with E-state index in [4.69, 9.17) is 0 Å². The number of thiazole rings is 1. The van der Waals surface area contributed by atoms with E-state index in [-0.39, 0.29) is 0 Å². The molecule has 1 heterocycles. The number of nitrogens with one attached hydrogen (secondary N) is 1. The van der Waals surface area contributed by atoms with Crippen LogP contribution in [-0.4, -0.2) is 11.0 Å².